The van der Waals surface area contributed by atoms with Gasteiger partial charge < -0.3 is 5.11 Å². The van der Waals surface area contributed by atoms with E-state index in [1.807, 2.05) is 13.1 Å². The highest BCUT2D eigenvalue weighted by Crippen LogP contribution is 2.26. The highest BCUT2D eigenvalue weighted by Gasteiger charge is 2.22. The van der Waals surface area contributed by atoms with Crippen LogP contribution in [0.1, 0.15) is 16.1 Å². The third-order valence-electron chi connectivity index (χ3n) is 3.00. The summed E-state index contributed by atoms with van der Waals surface area (Å²) in [5.41, 5.74) is 1.62. The minimum Gasteiger partial charge on any atom is -0.391 e. The predicted molar refractivity (Wildman–Crippen MR) is 77.1 cm³/mol. The van der Waals surface area contributed by atoms with Crippen molar-refractivity contribution in [2.45, 2.75) is 24.8 Å². The van der Waals surface area contributed by atoms with E-state index in [1.165, 1.54) is 11.3 Å². The normalized spacial score (nSPS) is 11.9. The van der Waals surface area contributed by atoms with Crippen LogP contribution in [0.4, 0.5) is 0 Å². The molecule has 0 aliphatic carbocycles. The van der Waals surface area contributed by atoms with Gasteiger partial charge in [-0.2, -0.15) is 5.10 Å². The van der Waals surface area contributed by atoms with Crippen LogP contribution in [0.15, 0.2) is 22.5 Å². The Balaban J connectivity index is 2.08. The summed E-state index contributed by atoms with van der Waals surface area (Å²) in [6, 6.07) is 1.85. The Hall–Kier alpha value is -1.22. The van der Waals surface area contributed by atoms with E-state index in [-0.39, 0.29) is 11.5 Å². The van der Waals surface area contributed by atoms with E-state index >= 15 is 0 Å². The topological polar surface area (TPSA) is 84.2 Å². The lowest BCUT2D eigenvalue weighted by molar-refractivity contribution is 0.282. The smallest absolute Gasteiger partial charge is 0.242 e. The second-order valence-corrected chi connectivity index (χ2v) is 7.09. The lowest BCUT2D eigenvalue weighted by atomic mass is 10.3. The second-order valence-electron chi connectivity index (χ2n) is 4.42. The number of thiophene rings is 1. The monoisotopic (exact) mass is 315 g/mol. The Morgan fingerprint density at radius 3 is 2.85 bits per heavy atom. The molecule has 0 amide bonds. The first-order valence-electron chi connectivity index (χ1n) is 6.10. The molecule has 2 heterocycles. The Labute approximate surface area is 122 Å². The van der Waals surface area contributed by atoms with Crippen LogP contribution in [0, 0.1) is 6.92 Å². The molecular formula is C12H17N3O3S2. The Morgan fingerprint density at radius 1 is 1.50 bits per heavy atom. The van der Waals surface area contributed by atoms with Crippen molar-refractivity contribution in [3.05, 3.63) is 33.8 Å². The minimum absolute atomic E-state index is 0.204. The number of aryl methyl sites for hydroxylation is 2. The van der Waals surface area contributed by atoms with Crippen LogP contribution >= 0.6 is 11.3 Å². The predicted octanol–water partition coefficient (Wildman–Crippen LogP) is 0.803. The van der Waals surface area contributed by atoms with Gasteiger partial charge in [0.15, 0.2) is 0 Å². The molecule has 0 spiro atoms. The van der Waals surface area contributed by atoms with Gasteiger partial charge in [-0.1, -0.05) is 0 Å². The average Bonchev–Trinajstić information content (AvgIpc) is 2.96. The van der Waals surface area contributed by atoms with Crippen molar-refractivity contribution in [2.75, 3.05) is 6.54 Å². The van der Waals surface area contributed by atoms with Crippen LogP contribution in [0.3, 0.4) is 0 Å². The van der Waals surface area contributed by atoms with Gasteiger partial charge in [-0.3, -0.25) is 4.68 Å². The Kier molecular flexibility index (Phi) is 4.59. The maximum Gasteiger partial charge on any atom is 0.242 e. The highest BCUT2D eigenvalue weighted by atomic mass is 32.2. The van der Waals surface area contributed by atoms with E-state index < -0.39 is 10.0 Å². The van der Waals surface area contributed by atoms with Crippen LogP contribution < -0.4 is 4.72 Å². The van der Waals surface area contributed by atoms with E-state index in [2.05, 4.69) is 9.82 Å². The number of rotatable bonds is 6. The Bertz CT molecular complexity index is 689. The van der Waals surface area contributed by atoms with Crippen molar-refractivity contribution in [1.29, 1.82) is 0 Å². The zero-order chi connectivity index (χ0) is 14.8. The fourth-order valence-electron chi connectivity index (χ4n) is 1.99. The standard InChI is InChI=1S/C12H17N3O3S2/c1-9-8-19-11(7-16)12(9)20(17,18)14-6-4-10-3-5-13-15(10)2/h3,5,8,14,16H,4,6-7H2,1-2H3. The molecule has 0 saturated heterocycles. The van der Waals surface area contributed by atoms with E-state index in [1.54, 1.807) is 23.2 Å². The maximum atomic E-state index is 12.3. The SMILES string of the molecule is Cc1csc(CO)c1S(=O)(=O)NCCc1ccnn1C. The zero-order valence-electron chi connectivity index (χ0n) is 11.3. The third-order valence-corrected chi connectivity index (χ3v) is 5.91. The first-order chi connectivity index (χ1) is 9.45. The summed E-state index contributed by atoms with van der Waals surface area (Å²) in [5, 5.41) is 15.0. The number of hydrogen-bond donors (Lipinski definition) is 2. The van der Waals surface area contributed by atoms with Crippen molar-refractivity contribution < 1.29 is 13.5 Å². The van der Waals surface area contributed by atoms with Crippen LogP contribution in [-0.2, 0) is 30.1 Å². The van der Waals surface area contributed by atoms with Gasteiger partial charge in [0.05, 0.1) is 11.5 Å². The molecule has 0 saturated carbocycles. The molecule has 2 rings (SSSR count). The summed E-state index contributed by atoms with van der Waals surface area (Å²) in [6.45, 7) is 1.75. The van der Waals surface area contributed by atoms with Crippen LogP contribution in [0.2, 0.25) is 0 Å². The van der Waals surface area contributed by atoms with Crippen molar-refractivity contribution in [2.24, 2.45) is 7.05 Å². The van der Waals surface area contributed by atoms with Gasteiger partial charge in [0, 0.05) is 31.9 Å². The van der Waals surface area contributed by atoms with Gasteiger partial charge in [0.2, 0.25) is 10.0 Å². The van der Waals surface area contributed by atoms with Crippen molar-refractivity contribution in [3.63, 3.8) is 0 Å². The molecule has 8 heteroatoms. The number of aliphatic hydroxyl groups is 1. The number of aliphatic hydroxyl groups excluding tert-OH is 1. The van der Waals surface area contributed by atoms with E-state index in [4.69, 9.17) is 0 Å². The lowest BCUT2D eigenvalue weighted by Gasteiger charge is -2.08. The van der Waals surface area contributed by atoms with Crippen LogP contribution in [0.25, 0.3) is 0 Å². The first kappa shape index (κ1) is 15.2. The fraction of sp³-hybridized carbons (Fsp3) is 0.417. The first-order valence-corrected chi connectivity index (χ1v) is 8.46. The quantitative estimate of drug-likeness (QED) is 0.826. The molecule has 0 aliphatic rings. The van der Waals surface area contributed by atoms with Gasteiger partial charge in [0.25, 0.3) is 0 Å². The molecular weight excluding hydrogens is 298 g/mol. The molecule has 2 N–H and O–H groups in total. The molecule has 6 nitrogen and oxygen atoms in total. The summed E-state index contributed by atoms with van der Waals surface area (Å²) in [7, 11) is -1.77. The number of sulfonamides is 1. The number of hydrogen-bond acceptors (Lipinski definition) is 5. The van der Waals surface area contributed by atoms with E-state index in [0.29, 0.717) is 23.4 Å². The van der Waals surface area contributed by atoms with Crippen molar-refractivity contribution in [3.8, 4) is 0 Å². The van der Waals surface area contributed by atoms with Gasteiger partial charge in [-0.15, -0.1) is 11.3 Å². The second kappa shape index (κ2) is 6.04. The zero-order valence-corrected chi connectivity index (χ0v) is 13.0. The molecule has 2 aromatic rings. The summed E-state index contributed by atoms with van der Waals surface area (Å²) in [5.74, 6) is 0. The molecule has 0 fully saturated rings. The Morgan fingerprint density at radius 2 is 2.25 bits per heavy atom. The molecule has 0 radical (unpaired) electrons. The summed E-state index contributed by atoms with van der Waals surface area (Å²) in [6.07, 6.45) is 2.24. The number of nitrogens with zero attached hydrogens (tertiary/aromatic N) is 2. The number of nitrogens with one attached hydrogen (secondary N) is 1. The number of aromatic nitrogens is 2. The largest absolute Gasteiger partial charge is 0.391 e. The molecule has 110 valence electrons. The summed E-state index contributed by atoms with van der Waals surface area (Å²) < 4.78 is 28.8. The van der Waals surface area contributed by atoms with Gasteiger partial charge in [-0.25, -0.2) is 13.1 Å². The molecule has 0 aromatic carbocycles. The van der Waals surface area contributed by atoms with Gasteiger partial charge >= 0.3 is 0 Å². The van der Waals surface area contributed by atoms with Crippen molar-refractivity contribution >= 4 is 21.4 Å². The van der Waals surface area contributed by atoms with E-state index in [9.17, 15) is 13.5 Å². The van der Waals surface area contributed by atoms with Crippen LogP contribution in [-0.4, -0.2) is 29.8 Å². The molecule has 0 aliphatic heterocycles. The maximum absolute atomic E-state index is 12.3. The van der Waals surface area contributed by atoms with Gasteiger partial charge in [0.1, 0.15) is 4.90 Å². The van der Waals surface area contributed by atoms with Crippen LogP contribution in [0.5, 0.6) is 0 Å². The molecule has 0 unspecified atom stereocenters. The highest BCUT2D eigenvalue weighted by molar-refractivity contribution is 7.89. The lowest BCUT2D eigenvalue weighted by Crippen LogP contribution is -2.27. The van der Waals surface area contributed by atoms with E-state index in [0.717, 1.165) is 5.69 Å². The average molecular weight is 315 g/mol. The molecule has 2 aromatic heterocycles. The summed E-state index contributed by atoms with van der Waals surface area (Å²) >= 11 is 1.25. The third kappa shape index (κ3) is 3.09. The molecule has 0 bridgehead atoms. The minimum atomic E-state index is -3.59. The fourth-order valence-corrected chi connectivity index (χ4v) is 4.68. The van der Waals surface area contributed by atoms with Gasteiger partial charge in [-0.05, 0) is 23.9 Å². The van der Waals surface area contributed by atoms with Crippen molar-refractivity contribution in [1.82, 2.24) is 14.5 Å². The molecule has 0 atom stereocenters. The molecule has 20 heavy (non-hydrogen) atoms. The summed E-state index contributed by atoms with van der Waals surface area (Å²) in [4.78, 5) is 0.672.